The first-order chi connectivity index (χ1) is 14.4. The largest absolute Gasteiger partial charge is 0.411 e. The lowest BCUT2D eigenvalue weighted by molar-refractivity contribution is -0.122. The highest BCUT2D eigenvalue weighted by molar-refractivity contribution is 7.99. The summed E-state index contributed by atoms with van der Waals surface area (Å²) in [5.74, 6) is -0.317. The Morgan fingerprint density at radius 2 is 2.17 bits per heavy atom. The number of nitrogens with zero attached hydrogens (tertiary/aromatic N) is 2. The van der Waals surface area contributed by atoms with Gasteiger partial charge in [0.25, 0.3) is 0 Å². The van der Waals surface area contributed by atoms with Gasteiger partial charge in [-0.1, -0.05) is 23.0 Å². The van der Waals surface area contributed by atoms with Crippen molar-refractivity contribution in [2.24, 2.45) is 5.16 Å². The lowest BCUT2D eigenvalue weighted by atomic mass is 9.83. The van der Waals surface area contributed by atoms with Crippen molar-refractivity contribution in [3.63, 3.8) is 0 Å². The van der Waals surface area contributed by atoms with E-state index in [4.69, 9.17) is 19.9 Å². The van der Waals surface area contributed by atoms with Gasteiger partial charge in [0.1, 0.15) is 5.82 Å². The van der Waals surface area contributed by atoms with Crippen LogP contribution in [0.4, 0.5) is 4.39 Å². The summed E-state index contributed by atoms with van der Waals surface area (Å²) in [6.07, 6.45) is 1.56. The molecular weight excluding hydrogens is 403 g/mol. The van der Waals surface area contributed by atoms with E-state index in [2.05, 4.69) is 11.2 Å². The Balaban J connectivity index is 1.94. The third kappa shape index (κ3) is 4.84. The molecule has 0 aliphatic carbocycles. The fourth-order valence-electron chi connectivity index (χ4n) is 3.91. The summed E-state index contributed by atoms with van der Waals surface area (Å²) in [6.45, 7) is 4.25. The molecule has 1 fully saturated rings. The van der Waals surface area contributed by atoms with Crippen LogP contribution in [0.15, 0.2) is 51.3 Å². The predicted molar refractivity (Wildman–Crippen MR) is 114 cm³/mol. The number of hydrogen-bond donors (Lipinski definition) is 1. The van der Waals surface area contributed by atoms with Crippen LogP contribution in [0.3, 0.4) is 0 Å². The van der Waals surface area contributed by atoms with Gasteiger partial charge in [-0.25, -0.2) is 4.39 Å². The van der Waals surface area contributed by atoms with E-state index in [-0.39, 0.29) is 18.3 Å². The summed E-state index contributed by atoms with van der Waals surface area (Å²) in [7, 11) is 1.66. The molecule has 2 atom stereocenters. The minimum Gasteiger partial charge on any atom is -0.411 e. The lowest BCUT2D eigenvalue weighted by Crippen LogP contribution is -2.39. The van der Waals surface area contributed by atoms with Crippen molar-refractivity contribution in [3.8, 4) is 6.07 Å². The smallest absolute Gasteiger partial charge is 0.124 e. The first kappa shape index (κ1) is 22.3. The number of ether oxygens (including phenoxy) is 2. The molecule has 0 bridgehead atoms. The van der Waals surface area contributed by atoms with Crippen LogP contribution in [-0.4, -0.2) is 30.7 Å². The molecule has 1 heterocycles. The van der Waals surface area contributed by atoms with E-state index in [9.17, 15) is 4.39 Å². The van der Waals surface area contributed by atoms with Crippen LogP contribution in [0.5, 0.6) is 0 Å². The lowest BCUT2D eigenvalue weighted by Gasteiger charge is -2.39. The number of halogens is 1. The van der Waals surface area contributed by atoms with Crippen molar-refractivity contribution in [1.29, 1.82) is 5.26 Å². The Morgan fingerprint density at radius 1 is 1.37 bits per heavy atom. The summed E-state index contributed by atoms with van der Waals surface area (Å²) in [5, 5.41) is 21.5. The quantitative estimate of drug-likeness (QED) is 0.385. The second-order valence-electron chi connectivity index (χ2n) is 7.45. The SMILES string of the molecule is CO[C@]1(c2cc(F)cc(Sc3ccc(/C(C)=N/O)c(CC#N)c3)c2)CCO[C@@H](C)C1. The molecule has 0 radical (unpaired) electrons. The topological polar surface area (TPSA) is 74.8 Å². The molecule has 1 aliphatic heterocycles. The van der Waals surface area contributed by atoms with Crippen molar-refractivity contribution in [1.82, 2.24) is 0 Å². The van der Waals surface area contributed by atoms with Gasteiger partial charge in [0.15, 0.2) is 0 Å². The number of methoxy groups -OCH3 is 1. The second kappa shape index (κ2) is 9.61. The molecular formula is C23H25FN2O3S. The van der Waals surface area contributed by atoms with E-state index >= 15 is 0 Å². The van der Waals surface area contributed by atoms with E-state index < -0.39 is 5.60 Å². The van der Waals surface area contributed by atoms with Crippen LogP contribution < -0.4 is 0 Å². The average molecular weight is 429 g/mol. The highest BCUT2D eigenvalue weighted by Gasteiger charge is 2.38. The fourth-order valence-corrected chi connectivity index (χ4v) is 4.88. The molecule has 5 nitrogen and oxygen atoms in total. The van der Waals surface area contributed by atoms with Gasteiger partial charge in [0.2, 0.25) is 0 Å². The van der Waals surface area contributed by atoms with Gasteiger partial charge >= 0.3 is 0 Å². The van der Waals surface area contributed by atoms with Crippen LogP contribution in [0.1, 0.15) is 43.4 Å². The molecule has 0 spiro atoms. The maximum atomic E-state index is 14.5. The van der Waals surface area contributed by atoms with Gasteiger partial charge in [-0.2, -0.15) is 5.26 Å². The fraction of sp³-hybridized carbons (Fsp3) is 0.391. The van der Waals surface area contributed by atoms with Gasteiger partial charge in [-0.05, 0) is 55.3 Å². The van der Waals surface area contributed by atoms with Crippen molar-refractivity contribution >= 4 is 17.5 Å². The Morgan fingerprint density at radius 3 is 2.83 bits per heavy atom. The van der Waals surface area contributed by atoms with Crippen LogP contribution in [0.2, 0.25) is 0 Å². The number of oxime groups is 1. The predicted octanol–water partition coefficient (Wildman–Crippen LogP) is 5.28. The van der Waals surface area contributed by atoms with Crippen molar-refractivity contribution in [2.45, 2.75) is 54.6 Å². The Hall–Kier alpha value is -2.40. The average Bonchev–Trinajstić information content (AvgIpc) is 2.73. The summed E-state index contributed by atoms with van der Waals surface area (Å²) in [5.41, 5.74) is 2.17. The van der Waals surface area contributed by atoms with E-state index in [1.165, 1.54) is 23.9 Å². The Bertz CT molecular complexity index is 989. The number of rotatable bonds is 6. The van der Waals surface area contributed by atoms with E-state index in [1.54, 1.807) is 14.0 Å². The molecule has 0 unspecified atom stereocenters. The third-order valence-corrected chi connectivity index (χ3v) is 6.40. The summed E-state index contributed by atoms with van der Waals surface area (Å²) >= 11 is 1.42. The maximum Gasteiger partial charge on any atom is 0.124 e. The molecule has 3 rings (SSSR count). The standard InChI is InChI=1S/C23H25FN2O3S/c1-15-14-23(28-3,7-9-29-15)18-11-19(24)13-21(12-18)30-20-4-5-22(16(2)26-27)17(10-20)6-8-25/h4-5,10-13,15,27H,6-7,9,14H2,1-3H3/b26-16+/t15-,23+/m0/s1. The molecule has 0 aromatic heterocycles. The maximum absolute atomic E-state index is 14.5. The van der Waals surface area contributed by atoms with E-state index in [1.807, 2.05) is 31.2 Å². The minimum atomic E-state index is -0.570. The molecule has 2 aromatic rings. The summed E-state index contributed by atoms with van der Waals surface area (Å²) < 4.78 is 26.0. The monoisotopic (exact) mass is 428 g/mol. The Labute approximate surface area is 180 Å². The number of hydrogen-bond acceptors (Lipinski definition) is 6. The molecule has 0 saturated carbocycles. The van der Waals surface area contributed by atoms with Crippen LogP contribution >= 0.6 is 11.8 Å². The molecule has 1 N–H and O–H groups in total. The second-order valence-corrected chi connectivity index (χ2v) is 8.60. The van der Waals surface area contributed by atoms with Gasteiger partial charge in [0.05, 0.1) is 36.5 Å². The zero-order valence-corrected chi connectivity index (χ0v) is 18.1. The number of nitriles is 1. The molecule has 2 aromatic carbocycles. The van der Waals surface area contributed by atoms with E-state index in [0.29, 0.717) is 25.2 Å². The van der Waals surface area contributed by atoms with Gasteiger partial charge in [-0.15, -0.1) is 0 Å². The summed E-state index contributed by atoms with van der Waals surface area (Å²) in [6, 6.07) is 12.7. The van der Waals surface area contributed by atoms with Crippen LogP contribution in [0.25, 0.3) is 0 Å². The molecule has 1 aliphatic rings. The molecule has 7 heteroatoms. The van der Waals surface area contributed by atoms with Crippen LogP contribution in [0, 0.1) is 17.1 Å². The molecule has 1 saturated heterocycles. The van der Waals surface area contributed by atoms with Crippen molar-refractivity contribution in [3.05, 3.63) is 58.9 Å². The first-order valence-corrected chi connectivity index (χ1v) is 10.6. The summed E-state index contributed by atoms with van der Waals surface area (Å²) in [4.78, 5) is 1.63. The Kier molecular flexibility index (Phi) is 7.14. The minimum absolute atomic E-state index is 0.0376. The van der Waals surface area contributed by atoms with Gasteiger partial charge < -0.3 is 14.7 Å². The van der Waals surface area contributed by atoms with Crippen molar-refractivity contribution < 1.29 is 19.1 Å². The zero-order chi connectivity index (χ0) is 21.7. The zero-order valence-electron chi connectivity index (χ0n) is 17.3. The normalized spacial score (nSPS) is 22.0. The van der Waals surface area contributed by atoms with Gasteiger partial charge in [-0.3, -0.25) is 0 Å². The highest BCUT2D eigenvalue weighted by Crippen LogP contribution is 2.40. The van der Waals surface area contributed by atoms with Crippen LogP contribution in [-0.2, 0) is 21.5 Å². The van der Waals surface area contributed by atoms with E-state index in [0.717, 1.165) is 26.5 Å². The molecule has 0 amide bonds. The molecule has 158 valence electrons. The first-order valence-electron chi connectivity index (χ1n) is 9.75. The van der Waals surface area contributed by atoms with Crippen molar-refractivity contribution in [2.75, 3.05) is 13.7 Å². The highest BCUT2D eigenvalue weighted by atomic mass is 32.2. The molecule has 30 heavy (non-hydrogen) atoms. The number of benzene rings is 2. The third-order valence-electron chi connectivity index (χ3n) is 5.44. The van der Waals surface area contributed by atoms with Gasteiger partial charge in [0, 0.05) is 35.3 Å².